The van der Waals surface area contributed by atoms with E-state index in [0.717, 1.165) is 25.7 Å². The molecule has 0 heterocycles. The normalized spacial score (nSPS) is 19.0. The zero-order chi connectivity index (χ0) is 12.0. The summed E-state index contributed by atoms with van der Waals surface area (Å²) in [6.07, 6.45) is 4.57. The molecule has 4 nitrogen and oxygen atoms in total. The molecule has 1 amide bonds. The molecule has 0 aromatic rings. The summed E-state index contributed by atoms with van der Waals surface area (Å²) >= 11 is 0. The number of aliphatic hydroxyl groups is 1. The van der Waals surface area contributed by atoms with Crippen molar-refractivity contribution in [3.63, 3.8) is 0 Å². The average Bonchev–Trinajstić information content (AvgIpc) is 2.62. The maximum Gasteiger partial charge on any atom is 0.221 e. The first-order chi connectivity index (χ1) is 7.56. The van der Waals surface area contributed by atoms with Crippen LogP contribution in [0.1, 0.15) is 39.0 Å². The summed E-state index contributed by atoms with van der Waals surface area (Å²) in [6.45, 7) is 4.01. The topological polar surface area (TPSA) is 52.6 Å². The lowest BCUT2D eigenvalue weighted by Gasteiger charge is -2.28. The predicted octanol–water partition coefficient (Wildman–Crippen LogP) is 0.749. The Labute approximate surface area is 98.0 Å². The zero-order valence-corrected chi connectivity index (χ0v) is 10.5. The van der Waals surface area contributed by atoms with Gasteiger partial charge >= 0.3 is 0 Å². The van der Waals surface area contributed by atoms with Gasteiger partial charge < -0.3 is 15.3 Å². The van der Waals surface area contributed by atoms with Crippen LogP contribution in [-0.2, 0) is 4.79 Å². The lowest BCUT2D eigenvalue weighted by Crippen LogP contribution is -2.40. The molecular formula is C12H24N2O2. The van der Waals surface area contributed by atoms with E-state index in [1.165, 1.54) is 0 Å². The Hall–Kier alpha value is -0.610. The second-order valence-electron chi connectivity index (χ2n) is 4.87. The molecular weight excluding hydrogens is 204 g/mol. The van der Waals surface area contributed by atoms with E-state index in [9.17, 15) is 9.90 Å². The molecule has 1 fully saturated rings. The Balaban J connectivity index is 2.19. The van der Waals surface area contributed by atoms with E-state index in [-0.39, 0.29) is 5.91 Å². The number of likely N-dealkylation sites (N-methyl/N-ethyl adjacent to an activating group) is 1. The molecule has 2 N–H and O–H groups in total. The van der Waals surface area contributed by atoms with Crippen LogP contribution in [-0.4, -0.2) is 48.2 Å². The standard InChI is InChI=1S/C12H24N2O2/c1-3-13-11(15)6-9-14(2)10-12(16)7-4-5-8-12/h16H,3-10H2,1-2H3,(H,13,15). The smallest absolute Gasteiger partial charge is 0.221 e. The van der Waals surface area contributed by atoms with Crippen LogP contribution >= 0.6 is 0 Å². The van der Waals surface area contributed by atoms with Gasteiger partial charge in [-0.25, -0.2) is 0 Å². The van der Waals surface area contributed by atoms with Crippen LogP contribution in [0.15, 0.2) is 0 Å². The molecule has 1 aliphatic carbocycles. The van der Waals surface area contributed by atoms with Gasteiger partial charge in [-0.15, -0.1) is 0 Å². The molecule has 4 heteroatoms. The highest BCUT2D eigenvalue weighted by atomic mass is 16.3. The van der Waals surface area contributed by atoms with Gasteiger partial charge in [0.2, 0.25) is 5.91 Å². The monoisotopic (exact) mass is 228 g/mol. The summed E-state index contributed by atoms with van der Waals surface area (Å²) < 4.78 is 0. The number of amides is 1. The largest absolute Gasteiger partial charge is 0.389 e. The van der Waals surface area contributed by atoms with Crippen LogP contribution in [0.5, 0.6) is 0 Å². The van der Waals surface area contributed by atoms with E-state index in [0.29, 0.717) is 26.1 Å². The van der Waals surface area contributed by atoms with Crippen LogP contribution in [0.2, 0.25) is 0 Å². The Morgan fingerprint density at radius 1 is 1.44 bits per heavy atom. The third-order valence-electron chi connectivity index (χ3n) is 3.19. The highest BCUT2D eigenvalue weighted by molar-refractivity contribution is 5.75. The Morgan fingerprint density at radius 3 is 2.62 bits per heavy atom. The number of carbonyl (C=O) groups excluding carboxylic acids is 1. The van der Waals surface area contributed by atoms with Gasteiger partial charge in [0, 0.05) is 26.1 Å². The van der Waals surface area contributed by atoms with Gasteiger partial charge in [0.05, 0.1) is 5.60 Å². The number of carbonyl (C=O) groups is 1. The van der Waals surface area contributed by atoms with E-state index in [2.05, 4.69) is 10.2 Å². The fourth-order valence-corrected chi connectivity index (χ4v) is 2.35. The van der Waals surface area contributed by atoms with E-state index >= 15 is 0 Å². The van der Waals surface area contributed by atoms with Crippen molar-refractivity contribution < 1.29 is 9.90 Å². The molecule has 0 aromatic heterocycles. The van der Waals surface area contributed by atoms with Crippen molar-refractivity contribution in [3.8, 4) is 0 Å². The van der Waals surface area contributed by atoms with Gasteiger partial charge in [-0.2, -0.15) is 0 Å². The molecule has 0 unspecified atom stereocenters. The lowest BCUT2D eigenvalue weighted by molar-refractivity contribution is -0.121. The first-order valence-corrected chi connectivity index (χ1v) is 6.23. The quantitative estimate of drug-likeness (QED) is 0.705. The average molecular weight is 228 g/mol. The van der Waals surface area contributed by atoms with Gasteiger partial charge in [0.1, 0.15) is 0 Å². The van der Waals surface area contributed by atoms with Crippen molar-refractivity contribution in [2.45, 2.75) is 44.6 Å². The fraction of sp³-hybridized carbons (Fsp3) is 0.917. The molecule has 0 aromatic carbocycles. The predicted molar refractivity (Wildman–Crippen MR) is 64.2 cm³/mol. The van der Waals surface area contributed by atoms with Crippen LogP contribution in [0.4, 0.5) is 0 Å². The van der Waals surface area contributed by atoms with Gasteiger partial charge in [-0.1, -0.05) is 12.8 Å². The van der Waals surface area contributed by atoms with Crippen molar-refractivity contribution in [3.05, 3.63) is 0 Å². The molecule has 0 atom stereocenters. The number of hydrogen-bond donors (Lipinski definition) is 2. The number of rotatable bonds is 6. The van der Waals surface area contributed by atoms with Crippen LogP contribution < -0.4 is 5.32 Å². The molecule has 0 aliphatic heterocycles. The molecule has 0 bridgehead atoms. The van der Waals surface area contributed by atoms with Gasteiger partial charge in [0.25, 0.3) is 0 Å². The van der Waals surface area contributed by atoms with Crippen LogP contribution in [0.25, 0.3) is 0 Å². The van der Waals surface area contributed by atoms with E-state index < -0.39 is 5.60 Å². The van der Waals surface area contributed by atoms with Crippen molar-refractivity contribution in [2.24, 2.45) is 0 Å². The minimum atomic E-state index is -0.504. The fourth-order valence-electron chi connectivity index (χ4n) is 2.35. The molecule has 16 heavy (non-hydrogen) atoms. The second-order valence-corrected chi connectivity index (χ2v) is 4.87. The third kappa shape index (κ3) is 4.49. The molecule has 94 valence electrons. The Kier molecular flexibility index (Phi) is 5.22. The molecule has 1 rings (SSSR count). The number of hydrogen-bond acceptors (Lipinski definition) is 3. The SMILES string of the molecule is CCNC(=O)CCN(C)CC1(O)CCCC1. The molecule has 0 radical (unpaired) electrons. The second kappa shape index (κ2) is 6.21. The van der Waals surface area contributed by atoms with Crippen LogP contribution in [0.3, 0.4) is 0 Å². The molecule has 1 aliphatic rings. The third-order valence-corrected chi connectivity index (χ3v) is 3.19. The summed E-state index contributed by atoms with van der Waals surface area (Å²) in [7, 11) is 1.97. The maximum atomic E-state index is 11.3. The zero-order valence-electron chi connectivity index (χ0n) is 10.5. The summed E-state index contributed by atoms with van der Waals surface area (Å²) in [5.74, 6) is 0.0905. The summed E-state index contributed by atoms with van der Waals surface area (Å²) in [4.78, 5) is 13.3. The minimum Gasteiger partial charge on any atom is -0.389 e. The lowest BCUT2D eigenvalue weighted by atomic mass is 10.0. The van der Waals surface area contributed by atoms with Gasteiger partial charge in [0.15, 0.2) is 0 Å². The van der Waals surface area contributed by atoms with Gasteiger partial charge in [-0.3, -0.25) is 4.79 Å². The van der Waals surface area contributed by atoms with E-state index in [1.807, 2.05) is 14.0 Å². The van der Waals surface area contributed by atoms with E-state index in [4.69, 9.17) is 0 Å². The Morgan fingerprint density at radius 2 is 2.06 bits per heavy atom. The first kappa shape index (κ1) is 13.5. The van der Waals surface area contributed by atoms with Gasteiger partial charge in [-0.05, 0) is 26.8 Å². The summed E-state index contributed by atoms with van der Waals surface area (Å²) in [6, 6.07) is 0. The highest BCUT2D eigenvalue weighted by Crippen LogP contribution is 2.29. The minimum absolute atomic E-state index is 0.0905. The first-order valence-electron chi connectivity index (χ1n) is 6.23. The molecule has 0 spiro atoms. The highest BCUT2D eigenvalue weighted by Gasteiger charge is 2.31. The van der Waals surface area contributed by atoms with Crippen molar-refractivity contribution in [1.82, 2.24) is 10.2 Å². The van der Waals surface area contributed by atoms with E-state index in [1.54, 1.807) is 0 Å². The van der Waals surface area contributed by atoms with Crippen molar-refractivity contribution in [2.75, 3.05) is 26.7 Å². The molecule has 0 saturated heterocycles. The van der Waals surface area contributed by atoms with Crippen LogP contribution in [0, 0.1) is 0 Å². The summed E-state index contributed by atoms with van der Waals surface area (Å²) in [5.41, 5.74) is -0.504. The molecule has 1 saturated carbocycles. The van der Waals surface area contributed by atoms with Crippen molar-refractivity contribution in [1.29, 1.82) is 0 Å². The number of nitrogens with zero attached hydrogens (tertiary/aromatic N) is 1. The Bertz CT molecular complexity index is 225. The van der Waals surface area contributed by atoms with Crippen molar-refractivity contribution >= 4 is 5.91 Å². The summed E-state index contributed by atoms with van der Waals surface area (Å²) in [5, 5.41) is 13.0. The number of nitrogens with one attached hydrogen (secondary N) is 1. The maximum absolute atomic E-state index is 11.3.